The summed E-state index contributed by atoms with van der Waals surface area (Å²) in [5, 5.41) is 2.62. The van der Waals surface area contributed by atoms with E-state index in [1.54, 1.807) is 4.90 Å². The van der Waals surface area contributed by atoms with Crippen molar-refractivity contribution in [3.8, 4) is 0 Å². The zero-order chi connectivity index (χ0) is 16.6. The van der Waals surface area contributed by atoms with Crippen LogP contribution in [0.4, 0.5) is 13.2 Å². The van der Waals surface area contributed by atoms with E-state index in [0.29, 0.717) is 25.9 Å². The van der Waals surface area contributed by atoms with Crippen LogP contribution in [0.25, 0.3) is 0 Å². The van der Waals surface area contributed by atoms with Gasteiger partial charge in [-0.05, 0) is 37.8 Å². The Hall–Kier alpha value is -2.05. The van der Waals surface area contributed by atoms with Crippen molar-refractivity contribution in [3.05, 3.63) is 35.1 Å². The predicted molar refractivity (Wildman–Crippen MR) is 76.1 cm³/mol. The Morgan fingerprint density at radius 1 is 1.00 bits per heavy atom. The molecule has 1 aliphatic heterocycles. The average Bonchev–Trinajstić information content (AvgIpc) is 3.37. The quantitative estimate of drug-likeness (QED) is 0.866. The number of likely N-dealkylation sites (tertiary alicyclic amines) is 1. The summed E-state index contributed by atoms with van der Waals surface area (Å²) in [6.07, 6.45) is 3.03. The number of rotatable bonds is 3. The van der Waals surface area contributed by atoms with E-state index in [-0.39, 0.29) is 17.9 Å². The van der Waals surface area contributed by atoms with Crippen molar-refractivity contribution in [2.24, 2.45) is 5.92 Å². The molecule has 23 heavy (non-hydrogen) atoms. The Kier molecular flexibility index (Phi) is 4.28. The van der Waals surface area contributed by atoms with E-state index in [0.717, 1.165) is 25.0 Å². The van der Waals surface area contributed by atoms with Crippen molar-refractivity contribution in [2.45, 2.75) is 31.7 Å². The van der Waals surface area contributed by atoms with E-state index in [1.165, 1.54) is 0 Å². The van der Waals surface area contributed by atoms with Gasteiger partial charge in [0.1, 0.15) is 0 Å². The first-order chi connectivity index (χ1) is 11.0. The van der Waals surface area contributed by atoms with Gasteiger partial charge >= 0.3 is 0 Å². The first-order valence-corrected chi connectivity index (χ1v) is 7.70. The summed E-state index contributed by atoms with van der Waals surface area (Å²) < 4.78 is 39.7. The van der Waals surface area contributed by atoms with Crippen LogP contribution in [-0.4, -0.2) is 35.8 Å². The number of nitrogens with one attached hydrogen (secondary N) is 1. The topological polar surface area (TPSA) is 49.4 Å². The molecule has 1 saturated carbocycles. The van der Waals surface area contributed by atoms with Crippen LogP contribution in [-0.2, 0) is 4.79 Å². The number of carbonyl (C=O) groups excluding carboxylic acids is 2. The van der Waals surface area contributed by atoms with Crippen LogP contribution in [0.15, 0.2) is 12.1 Å². The molecule has 7 heteroatoms. The summed E-state index contributed by atoms with van der Waals surface area (Å²) in [5.74, 6) is -4.90. The number of nitrogens with zero attached hydrogens (tertiary/aromatic N) is 1. The summed E-state index contributed by atoms with van der Waals surface area (Å²) in [6.45, 7) is 1.08. The summed E-state index contributed by atoms with van der Waals surface area (Å²) >= 11 is 0. The van der Waals surface area contributed by atoms with Crippen molar-refractivity contribution in [3.63, 3.8) is 0 Å². The Morgan fingerprint density at radius 3 is 2.26 bits per heavy atom. The third kappa shape index (κ3) is 3.33. The third-order valence-electron chi connectivity index (χ3n) is 4.35. The molecule has 1 aromatic rings. The number of benzene rings is 1. The van der Waals surface area contributed by atoms with E-state index in [4.69, 9.17) is 0 Å². The second kappa shape index (κ2) is 6.22. The standard InChI is InChI=1S/C16H17F3N2O2/c17-12-4-3-11(13(18)14(12)19)15(22)20-10-5-7-21(8-6-10)16(23)9-1-2-9/h3-4,9-10H,1-2,5-8H2,(H,20,22). The van der Waals surface area contributed by atoms with Gasteiger partial charge in [-0.25, -0.2) is 13.2 Å². The summed E-state index contributed by atoms with van der Waals surface area (Å²) in [4.78, 5) is 25.7. The molecule has 4 nitrogen and oxygen atoms in total. The molecule has 0 aromatic heterocycles. The zero-order valence-corrected chi connectivity index (χ0v) is 12.4. The van der Waals surface area contributed by atoms with Gasteiger partial charge in [-0.2, -0.15) is 0 Å². The average molecular weight is 326 g/mol. The Morgan fingerprint density at radius 2 is 1.65 bits per heavy atom. The Bertz CT molecular complexity index is 638. The SMILES string of the molecule is O=C(NC1CCN(C(=O)C2CC2)CC1)c1ccc(F)c(F)c1F. The lowest BCUT2D eigenvalue weighted by molar-refractivity contribution is -0.133. The first kappa shape index (κ1) is 15.8. The fraction of sp³-hybridized carbons (Fsp3) is 0.500. The minimum Gasteiger partial charge on any atom is -0.349 e. The molecule has 0 radical (unpaired) electrons. The number of piperidine rings is 1. The van der Waals surface area contributed by atoms with Gasteiger partial charge in [0.15, 0.2) is 17.5 Å². The molecule has 1 aliphatic carbocycles. The molecule has 0 spiro atoms. The van der Waals surface area contributed by atoms with Crippen molar-refractivity contribution < 1.29 is 22.8 Å². The van der Waals surface area contributed by atoms with E-state index < -0.39 is 28.9 Å². The second-order valence-electron chi connectivity index (χ2n) is 6.07. The minimum absolute atomic E-state index is 0.164. The molecular weight excluding hydrogens is 309 g/mol. The molecule has 0 unspecified atom stereocenters. The fourth-order valence-electron chi connectivity index (χ4n) is 2.80. The van der Waals surface area contributed by atoms with E-state index in [1.807, 2.05) is 0 Å². The van der Waals surface area contributed by atoms with Crippen LogP contribution in [0.5, 0.6) is 0 Å². The molecule has 0 atom stereocenters. The molecule has 3 rings (SSSR count). The van der Waals surface area contributed by atoms with Crippen molar-refractivity contribution >= 4 is 11.8 Å². The highest BCUT2D eigenvalue weighted by molar-refractivity contribution is 5.94. The van der Waals surface area contributed by atoms with Crippen LogP contribution >= 0.6 is 0 Å². The fourth-order valence-corrected chi connectivity index (χ4v) is 2.80. The van der Waals surface area contributed by atoms with Crippen molar-refractivity contribution in [2.75, 3.05) is 13.1 Å². The maximum atomic E-state index is 13.6. The highest BCUT2D eigenvalue weighted by atomic mass is 19.2. The molecule has 2 aliphatic rings. The molecule has 1 N–H and O–H groups in total. The summed E-state index contributed by atoms with van der Waals surface area (Å²) in [6, 6.07) is 1.44. The molecule has 0 bridgehead atoms. The Labute approximate surface area is 131 Å². The summed E-state index contributed by atoms with van der Waals surface area (Å²) in [7, 11) is 0. The van der Waals surface area contributed by atoms with Gasteiger partial charge in [0.05, 0.1) is 5.56 Å². The van der Waals surface area contributed by atoms with E-state index in [9.17, 15) is 22.8 Å². The smallest absolute Gasteiger partial charge is 0.254 e. The zero-order valence-electron chi connectivity index (χ0n) is 12.4. The normalized spacial score (nSPS) is 18.8. The maximum absolute atomic E-state index is 13.6. The lowest BCUT2D eigenvalue weighted by Crippen LogP contribution is -2.47. The minimum atomic E-state index is -1.65. The lowest BCUT2D eigenvalue weighted by Gasteiger charge is -2.32. The van der Waals surface area contributed by atoms with Crippen LogP contribution in [0.3, 0.4) is 0 Å². The van der Waals surface area contributed by atoms with Gasteiger partial charge in [0.2, 0.25) is 5.91 Å². The van der Waals surface area contributed by atoms with Crippen LogP contribution in [0, 0.1) is 23.4 Å². The summed E-state index contributed by atoms with van der Waals surface area (Å²) in [5.41, 5.74) is -0.514. The molecule has 2 fully saturated rings. The molecule has 1 heterocycles. The van der Waals surface area contributed by atoms with Crippen molar-refractivity contribution in [1.82, 2.24) is 10.2 Å². The first-order valence-electron chi connectivity index (χ1n) is 7.70. The van der Waals surface area contributed by atoms with Crippen LogP contribution < -0.4 is 5.32 Å². The van der Waals surface area contributed by atoms with Gasteiger partial charge in [-0.15, -0.1) is 0 Å². The second-order valence-corrected chi connectivity index (χ2v) is 6.07. The highest BCUT2D eigenvalue weighted by Gasteiger charge is 2.35. The number of amides is 2. The number of carbonyl (C=O) groups is 2. The van der Waals surface area contributed by atoms with Gasteiger partial charge in [0, 0.05) is 25.0 Å². The number of hydrogen-bond donors (Lipinski definition) is 1. The van der Waals surface area contributed by atoms with Crippen LogP contribution in [0.1, 0.15) is 36.0 Å². The van der Waals surface area contributed by atoms with Gasteiger partial charge < -0.3 is 10.2 Å². The number of hydrogen-bond acceptors (Lipinski definition) is 2. The van der Waals surface area contributed by atoms with Gasteiger partial charge in [0.25, 0.3) is 5.91 Å². The van der Waals surface area contributed by atoms with E-state index >= 15 is 0 Å². The third-order valence-corrected chi connectivity index (χ3v) is 4.35. The van der Waals surface area contributed by atoms with E-state index in [2.05, 4.69) is 5.32 Å². The molecule has 1 aromatic carbocycles. The van der Waals surface area contributed by atoms with Crippen LogP contribution in [0.2, 0.25) is 0 Å². The monoisotopic (exact) mass is 326 g/mol. The molecular formula is C16H17F3N2O2. The maximum Gasteiger partial charge on any atom is 0.254 e. The van der Waals surface area contributed by atoms with Gasteiger partial charge in [-0.1, -0.05) is 0 Å². The number of halogens is 3. The molecule has 2 amide bonds. The Balaban J connectivity index is 1.57. The van der Waals surface area contributed by atoms with Crippen molar-refractivity contribution in [1.29, 1.82) is 0 Å². The highest BCUT2D eigenvalue weighted by Crippen LogP contribution is 2.31. The largest absolute Gasteiger partial charge is 0.349 e. The molecule has 1 saturated heterocycles. The van der Waals surface area contributed by atoms with Gasteiger partial charge in [-0.3, -0.25) is 9.59 Å². The predicted octanol–water partition coefficient (Wildman–Crippen LogP) is 2.23. The molecule has 124 valence electrons. The lowest BCUT2D eigenvalue weighted by atomic mass is 10.0.